The fourth-order valence-corrected chi connectivity index (χ4v) is 2.31. The van der Waals surface area contributed by atoms with Crippen molar-refractivity contribution >= 4 is 11.6 Å². The van der Waals surface area contributed by atoms with Crippen molar-refractivity contribution in [2.45, 2.75) is 32.7 Å². The van der Waals surface area contributed by atoms with Crippen LogP contribution in [0.25, 0.3) is 0 Å². The number of nitrogens with zero attached hydrogens (tertiary/aromatic N) is 2. The smallest absolute Gasteiger partial charge is 0.224 e. The first-order chi connectivity index (χ1) is 9.99. The van der Waals surface area contributed by atoms with Crippen LogP contribution in [0.1, 0.15) is 35.8 Å². The third-order valence-electron chi connectivity index (χ3n) is 3.68. The molecule has 2 aromatic rings. The summed E-state index contributed by atoms with van der Waals surface area (Å²) in [6.45, 7) is 3.82. The minimum atomic E-state index is -0.118. The molecular weight excluding hydrogens is 264 g/mol. The van der Waals surface area contributed by atoms with Gasteiger partial charge < -0.3 is 11.1 Å². The first kappa shape index (κ1) is 15.3. The summed E-state index contributed by atoms with van der Waals surface area (Å²) < 4.78 is 1.76. The quantitative estimate of drug-likeness (QED) is 0.886. The Balaban J connectivity index is 1.91. The number of hydrogen-bond acceptors (Lipinski definition) is 3. The van der Waals surface area contributed by atoms with Gasteiger partial charge in [-0.15, -0.1) is 0 Å². The summed E-state index contributed by atoms with van der Waals surface area (Å²) in [5, 5.41) is 7.21. The lowest BCUT2D eigenvalue weighted by Gasteiger charge is -2.12. The summed E-state index contributed by atoms with van der Waals surface area (Å²) in [6, 6.07) is 9.72. The van der Waals surface area contributed by atoms with Crippen molar-refractivity contribution in [1.29, 1.82) is 0 Å². The number of carbonyl (C=O) groups is 1. The number of hydrogen-bond donors (Lipinski definition) is 2. The van der Waals surface area contributed by atoms with E-state index in [1.54, 1.807) is 4.68 Å². The Kier molecular flexibility index (Phi) is 4.75. The van der Waals surface area contributed by atoms with E-state index in [1.807, 2.05) is 51.2 Å². The monoisotopic (exact) mass is 286 g/mol. The van der Waals surface area contributed by atoms with E-state index in [1.165, 1.54) is 0 Å². The van der Waals surface area contributed by atoms with E-state index in [4.69, 9.17) is 5.73 Å². The van der Waals surface area contributed by atoms with E-state index in [0.717, 1.165) is 22.6 Å². The molecular formula is C16H22N4O. The normalized spacial score (nSPS) is 12.2. The highest BCUT2D eigenvalue weighted by Gasteiger charge is 2.14. The highest BCUT2D eigenvalue weighted by atomic mass is 16.1. The largest absolute Gasteiger partial charge is 0.324 e. The highest BCUT2D eigenvalue weighted by molar-refractivity contribution is 5.91. The Morgan fingerprint density at radius 1 is 1.33 bits per heavy atom. The first-order valence-corrected chi connectivity index (χ1v) is 7.09. The van der Waals surface area contributed by atoms with Gasteiger partial charge in [0.2, 0.25) is 5.91 Å². The summed E-state index contributed by atoms with van der Waals surface area (Å²) in [7, 11) is 1.86. The SMILES string of the molecule is Cc1nn(C)c(C)c1NC(=O)CCC(N)c1ccccc1. The molecule has 1 amide bonds. The summed E-state index contributed by atoms with van der Waals surface area (Å²) >= 11 is 0. The zero-order chi connectivity index (χ0) is 15.4. The van der Waals surface area contributed by atoms with Crippen molar-refractivity contribution in [2.75, 3.05) is 5.32 Å². The van der Waals surface area contributed by atoms with Crippen LogP contribution >= 0.6 is 0 Å². The van der Waals surface area contributed by atoms with E-state index in [0.29, 0.717) is 12.8 Å². The van der Waals surface area contributed by atoms with Gasteiger partial charge in [-0.05, 0) is 25.8 Å². The van der Waals surface area contributed by atoms with Crippen LogP contribution in [0.4, 0.5) is 5.69 Å². The lowest BCUT2D eigenvalue weighted by Crippen LogP contribution is -2.17. The molecule has 0 saturated carbocycles. The fraction of sp³-hybridized carbons (Fsp3) is 0.375. The van der Waals surface area contributed by atoms with Gasteiger partial charge in [0.25, 0.3) is 0 Å². The van der Waals surface area contributed by atoms with E-state index in [2.05, 4.69) is 10.4 Å². The number of anilines is 1. The van der Waals surface area contributed by atoms with Gasteiger partial charge in [0.05, 0.1) is 17.1 Å². The van der Waals surface area contributed by atoms with Crippen LogP contribution in [0.3, 0.4) is 0 Å². The molecule has 5 heteroatoms. The van der Waals surface area contributed by atoms with Crippen LogP contribution < -0.4 is 11.1 Å². The Morgan fingerprint density at radius 3 is 2.57 bits per heavy atom. The summed E-state index contributed by atoms with van der Waals surface area (Å²) in [5.41, 5.74) is 9.74. The van der Waals surface area contributed by atoms with Gasteiger partial charge in [-0.3, -0.25) is 9.48 Å². The molecule has 1 aromatic heterocycles. The molecule has 1 aromatic carbocycles. The molecule has 1 atom stereocenters. The molecule has 0 aliphatic heterocycles. The van der Waals surface area contributed by atoms with Crippen LogP contribution in [-0.4, -0.2) is 15.7 Å². The predicted molar refractivity (Wildman–Crippen MR) is 83.9 cm³/mol. The lowest BCUT2D eigenvalue weighted by molar-refractivity contribution is -0.116. The molecule has 112 valence electrons. The number of rotatable bonds is 5. The molecule has 0 aliphatic carbocycles. The van der Waals surface area contributed by atoms with Crippen LogP contribution in [0.15, 0.2) is 30.3 Å². The molecule has 0 aliphatic rings. The second kappa shape index (κ2) is 6.54. The highest BCUT2D eigenvalue weighted by Crippen LogP contribution is 2.20. The minimum Gasteiger partial charge on any atom is -0.324 e. The zero-order valence-corrected chi connectivity index (χ0v) is 12.8. The third kappa shape index (κ3) is 3.70. The summed E-state index contributed by atoms with van der Waals surface area (Å²) in [4.78, 5) is 12.1. The van der Waals surface area contributed by atoms with Crippen molar-refractivity contribution in [3.8, 4) is 0 Å². The van der Waals surface area contributed by atoms with Gasteiger partial charge in [-0.25, -0.2) is 0 Å². The van der Waals surface area contributed by atoms with Crippen LogP contribution in [0.5, 0.6) is 0 Å². The molecule has 5 nitrogen and oxygen atoms in total. The van der Waals surface area contributed by atoms with Gasteiger partial charge in [0, 0.05) is 19.5 Å². The number of nitrogens with one attached hydrogen (secondary N) is 1. The van der Waals surface area contributed by atoms with Crippen LogP contribution in [0, 0.1) is 13.8 Å². The first-order valence-electron chi connectivity index (χ1n) is 7.09. The number of carbonyl (C=O) groups excluding carboxylic acids is 1. The van der Waals surface area contributed by atoms with Crippen molar-refractivity contribution in [3.63, 3.8) is 0 Å². The number of nitrogens with two attached hydrogens (primary N) is 1. The van der Waals surface area contributed by atoms with E-state index >= 15 is 0 Å². The third-order valence-corrected chi connectivity index (χ3v) is 3.68. The lowest BCUT2D eigenvalue weighted by atomic mass is 10.0. The number of benzene rings is 1. The van der Waals surface area contributed by atoms with Gasteiger partial charge in [0.15, 0.2) is 0 Å². The maximum atomic E-state index is 12.1. The van der Waals surface area contributed by atoms with Gasteiger partial charge >= 0.3 is 0 Å². The Morgan fingerprint density at radius 2 is 2.00 bits per heavy atom. The van der Waals surface area contributed by atoms with Gasteiger partial charge in [-0.1, -0.05) is 30.3 Å². The molecule has 1 heterocycles. The Hall–Kier alpha value is -2.14. The molecule has 1 unspecified atom stereocenters. The molecule has 3 N–H and O–H groups in total. The average molecular weight is 286 g/mol. The predicted octanol–water partition coefficient (Wildman–Crippen LogP) is 2.46. The van der Waals surface area contributed by atoms with Crippen molar-refractivity contribution in [1.82, 2.24) is 9.78 Å². The molecule has 0 radical (unpaired) electrons. The molecule has 0 bridgehead atoms. The van der Waals surface area contributed by atoms with Crippen LogP contribution in [-0.2, 0) is 11.8 Å². The number of aromatic nitrogens is 2. The summed E-state index contributed by atoms with van der Waals surface area (Å²) in [5.74, 6) is -0.0272. The van der Waals surface area contributed by atoms with Gasteiger partial charge in [-0.2, -0.15) is 5.10 Å². The van der Waals surface area contributed by atoms with Crippen molar-refractivity contribution in [3.05, 3.63) is 47.3 Å². The topological polar surface area (TPSA) is 72.9 Å². The van der Waals surface area contributed by atoms with Crippen molar-refractivity contribution < 1.29 is 4.79 Å². The molecule has 0 spiro atoms. The maximum absolute atomic E-state index is 12.1. The van der Waals surface area contributed by atoms with Crippen LogP contribution in [0.2, 0.25) is 0 Å². The van der Waals surface area contributed by atoms with Gasteiger partial charge in [0.1, 0.15) is 0 Å². The second-order valence-corrected chi connectivity index (χ2v) is 5.27. The van der Waals surface area contributed by atoms with E-state index in [-0.39, 0.29) is 11.9 Å². The Bertz CT molecular complexity index is 619. The summed E-state index contributed by atoms with van der Waals surface area (Å²) in [6.07, 6.45) is 1.01. The molecule has 21 heavy (non-hydrogen) atoms. The van der Waals surface area contributed by atoms with E-state index < -0.39 is 0 Å². The number of amides is 1. The maximum Gasteiger partial charge on any atom is 0.224 e. The second-order valence-electron chi connectivity index (χ2n) is 5.27. The molecule has 0 fully saturated rings. The molecule has 2 rings (SSSR count). The van der Waals surface area contributed by atoms with Crippen molar-refractivity contribution in [2.24, 2.45) is 12.8 Å². The zero-order valence-electron chi connectivity index (χ0n) is 12.8. The number of aryl methyl sites for hydroxylation is 2. The molecule has 0 saturated heterocycles. The fourth-order valence-electron chi connectivity index (χ4n) is 2.31. The minimum absolute atomic E-state index is 0.0272. The average Bonchev–Trinajstić information content (AvgIpc) is 2.72. The standard InChI is InChI=1S/C16H22N4O/c1-11-16(12(2)20(3)19-11)18-15(21)10-9-14(17)13-7-5-4-6-8-13/h4-8,14H,9-10,17H2,1-3H3,(H,18,21). The van der Waals surface area contributed by atoms with E-state index in [9.17, 15) is 4.79 Å². The Labute approximate surface area is 125 Å².